The summed E-state index contributed by atoms with van der Waals surface area (Å²) in [5.74, 6) is 0. The largest absolute Gasteiger partial charge is 0.433 e. The van der Waals surface area contributed by atoms with Gasteiger partial charge < -0.3 is 11.1 Å². The van der Waals surface area contributed by atoms with E-state index >= 15 is 0 Å². The summed E-state index contributed by atoms with van der Waals surface area (Å²) in [5, 5.41) is 9.15. The number of aromatic amines is 1. The number of halogens is 3. The summed E-state index contributed by atoms with van der Waals surface area (Å²) < 4.78 is 39.0. The van der Waals surface area contributed by atoms with Crippen molar-refractivity contribution < 1.29 is 13.2 Å². The molecule has 0 aliphatic carbocycles. The fourth-order valence-corrected chi connectivity index (χ4v) is 1.83. The van der Waals surface area contributed by atoms with E-state index in [1.54, 1.807) is 7.05 Å². The first-order valence-electron chi connectivity index (χ1n) is 6.59. The number of aromatic nitrogens is 3. The molecule has 0 aromatic carbocycles. The van der Waals surface area contributed by atoms with Gasteiger partial charge in [0, 0.05) is 49.0 Å². The Labute approximate surface area is 130 Å². The van der Waals surface area contributed by atoms with Gasteiger partial charge in [-0.3, -0.25) is 10.1 Å². The second-order valence-electron chi connectivity index (χ2n) is 4.59. The van der Waals surface area contributed by atoms with E-state index in [9.17, 15) is 13.2 Å². The molecule has 0 saturated heterocycles. The molecule has 2 heterocycles. The molecule has 2 aromatic heterocycles. The highest BCUT2D eigenvalue weighted by Crippen LogP contribution is 2.32. The van der Waals surface area contributed by atoms with Gasteiger partial charge in [-0.25, -0.2) is 4.98 Å². The van der Waals surface area contributed by atoms with Gasteiger partial charge in [0.25, 0.3) is 0 Å². The molecule has 0 aliphatic heterocycles. The van der Waals surface area contributed by atoms with E-state index in [-0.39, 0.29) is 17.9 Å². The van der Waals surface area contributed by atoms with E-state index in [1.165, 1.54) is 30.9 Å². The molecule has 4 N–H and O–H groups in total. The Bertz CT molecular complexity index is 704. The Balaban J connectivity index is 2.33. The summed E-state index contributed by atoms with van der Waals surface area (Å²) in [5.41, 5.74) is 5.99. The molecular formula is C14H15F3N6. The lowest BCUT2D eigenvalue weighted by Crippen LogP contribution is -2.12. The standard InChI is InChI=1S/C14H15F3N6/c1-19-5-9(4-18)6-20-11-2-12(10-7-21-22-8-10)23-13(3-11)14(15,16)17/h2-5,7-8H,6,18H2,1H3,(H,20,23)(H,21,22)/b9-4+,19-5?. The molecule has 0 spiro atoms. The number of alkyl halides is 3. The fourth-order valence-electron chi connectivity index (χ4n) is 1.83. The molecule has 0 bridgehead atoms. The summed E-state index contributed by atoms with van der Waals surface area (Å²) in [7, 11) is 1.58. The maximum atomic E-state index is 13.0. The molecule has 2 rings (SSSR count). The molecule has 23 heavy (non-hydrogen) atoms. The molecule has 122 valence electrons. The SMILES string of the molecule is CN=C/C(=C\N)CNc1cc(-c2cn[nH]c2)nc(C(F)(F)F)c1. The second kappa shape index (κ2) is 6.95. The molecular weight excluding hydrogens is 309 g/mol. The van der Waals surface area contributed by atoms with Crippen LogP contribution in [0.1, 0.15) is 5.69 Å². The summed E-state index contributed by atoms with van der Waals surface area (Å²) in [6, 6.07) is 2.46. The minimum Gasteiger partial charge on any atom is -0.404 e. The van der Waals surface area contributed by atoms with Crippen molar-refractivity contribution in [3.63, 3.8) is 0 Å². The van der Waals surface area contributed by atoms with Crippen molar-refractivity contribution in [1.82, 2.24) is 15.2 Å². The Morgan fingerprint density at radius 3 is 2.78 bits per heavy atom. The normalized spacial score (nSPS) is 12.8. The number of nitrogens with zero attached hydrogens (tertiary/aromatic N) is 3. The van der Waals surface area contributed by atoms with Crippen LogP contribution >= 0.6 is 0 Å². The number of pyridine rings is 1. The number of nitrogens with one attached hydrogen (secondary N) is 2. The first kappa shape index (κ1) is 16.5. The lowest BCUT2D eigenvalue weighted by molar-refractivity contribution is -0.141. The zero-order valence-electron chi connectivity index (χ0n) is 12.2. The van der Waals surface area contributed by atoms with Crippen LogP contribution in [0.4, 0.5) is 18.9 Å². The minimum absolute atomic E-state index is 0.165. The second-order valence-corrected chi connectivity index (χ2v) is 4.59. The van der Waals surface area contributed by atoms with E-state index < -0.39 is 11.9 Å². The lowest BCUT2D eigenvalue weighted by atomic mass is 10.2. The first-order valence-corrected chi connectivity index (χ1v) is 6.59. The summed E-state index contributed by atoms with van der Waals surface area (Å²) in [4.78, 5) is 7.46. The van der Waals surface area contributed by atoms with Crippen molar-refractivity contribution >= 4 is 11.9 Å². The Morgan fingerprint density at radius 2 is 2.22 bits per heavy atom. The molecule has 0 atom stereocenters. The van der Waals surface area contributed by atoms with Gasteiger partial charge in [0.1, 0.15) is 5.69 Å². The molecule has 0 fully saturated rings. The molecule has 2 aromatic rings. The van der Waals surface area contributed by atoms with Crippen LogP contribution in [0.2, 0.25) is 0 Å². The van der Waals surface area contributed by atoms with Crippen molar-refractivity contribution in [3.05, 3.63) is 42.0 Å². The van der Waals surface area contributed by atoms with Crippen LogP contribution in [0.3, 0.4) is 0 Å². The number of H-pyrrole nitrogens is 1. The van der Waals surface area contributed by atoms with Crippen LogP contribution in [-0.4, -0.2) is 35.0 Å². The predicted octanol–water partition coefficient (Wildman–Crippen LogP) is 2.45. The van der Waals surface area contributed by atoms with Gasteiger partial charge in [0.2, 0.25) is 0 Å². The van der Waals surface area contributed by atoms with Gasteiger partial charge in [-0.15, -0.1) is 0 Å². The van der Waals surface area contributed by atoms with Crippen LogP contribution < -0.4 is 11.1 Å². The van der Waals surface area contributed by atoms with Crippen LogP contribution in [0.25, 0.3) is 11.3 Å². The molecule has 0 saturated carbocycles. The highest BCUT2D eigenvalue weighted by molar-refractivity contribution is 5.79. The molecule has 9 heteroatoms. The predicted molar refractivity (Wildman–Crippen MR) is 82.0 cm³/mol. The van der Waals surface area contributed by atoms with Crippen molar-refractivity contribution in [1.29, 1.82) is 0 Å². The van der Waals surface area contributed by atoms with Crippen LogP contribution in [0.15, 0.2) is 41.3 Å². The average Bonchev–Trinajstić information content (AvgIpc) is 3.04. The maximum Gasteiger partial charge on any atom is 0.433 e. The van der Waals surface area contributed by atoms with Crippen LogP contribution in [-0.2, 0) is 6.18 Å². The number of hydrogen-bond donors (Lipinski definition) is 3. The van der Waals surface area contributed by atoms with Crippen molar-refractivity contribution in [2.24, 2.45) is 10.7 Å². The number of anilines is 1. The fraction of sp³-hybridized carbons (Fsp3) is 0.214. The average molecular weight is 324 g/mol. The molecule has 0 unspecified atom stereocenters. The van der Waals surface area contributed by atoms with E-state index in [2.05, 4.69) is 25.5 Å². The highest BCUT2D eigenvalue weighted by atomic mass is 19.4. The maximum absolute atomic E-state index is 13.0. The van der Waals surface area contributed by atoms with Crippen molar-refractivity contribution in [2.75, 3.05) is 18.9 Å². The summed E-state index contributed by atoms with van der Waals surface area (Å²) in [6.45, 7) is 0.236. The monoisotopic (exact) mass is 324 g/mol. The smallest absolute Gasteiger partial charge is 0.404 e. The topological polar surface area (TPSA) is 92.0 Å². The van der Waals surface area contributed by atoms with Gasteiger partial charge in [-0.05, 0) is 12.1 Å². The summed E-state index contributed by atoms with van der Waals surface area (Å²) >= 11 is 0. The third kappa shape index (κ3) is 4.31. The number of rotatable bonds is 5. The molecule has 0 aliphatic rings. The zero-order valence-corrected chi connectivity index (χ0v) is 12.2. The zero-order chi connectivity index (χ0) is 16.9. The summed E-state index contributed by atoms with van der Waals surface area (Å²) in [6.07, 6.45) is 1.19. The van der Waals surface area contributed by atoms with Gasteiger partial charge in [-0.1, -0.05) is 0 Å². The molecule has 6 nitrogen and oxygen atoms in total. The van der Waals surface area contributed by atoms with E-state index in [1.807, 2.05) is 0 Å². The Hall–Kier alpha value is -2.84. The van der Waals surface area contributed by atoms with Crippen molar-refractivity contribution in [3.8, 4) is 11.3 Å². The van der Waals surface area contributed by atoms with Crippen molar-refractivity contribution in [2.45, 2.75) is 6.18 Å². The minimum atomic E-state index is -4.55. The molecule has 0 amide bonds. The van der Waals surface area contributed by atoms with E-state index in [0.717, 1.165) is 6.07 Å². The highest BCUT2D eigenvalue weighted by Gasteiger charge is 2.33. The Morgan fingerprint density at radius 1 is 1.43 bits per heavy atom. The van der Waals surface area contributed by atoms with E-state index in [4.69, 9.17) is 5.73 Å². The molecule has 0 radical (unpaired) electrons. The third-order valence-corrected chi connectivity index (χ3v) is 2.92. The van der Waals surface area contributed by atoms with Gasteiger partial charge >= 0.3 is 6.18 Å². The lowest BCUT2D eigenvalue weighted by Gasteiger charge is -2.12. The number of aliphatic imine (C=N–C) groups is 1. The van der Waals surface area contributed by atoms with Gasteiger partial charge in [0.05, 0.1) is 11.9 Å². The Kier molecular flexibility index (Phi) is 4.99. The van der Waals surface area contributed by atoms with Crippen LogP contribution in [0.5, 0.6) is 0 Å². The van der Waals surface area contributed by atoms with Gasteiger partial charge in [-0.2, -0.15) is 18.3 Å². The quantitative estimate of drug-likeness (QED) is 0.737. The number of nitrogens with two attached hydrogens (primary N) is 1. The van der Waals surface area contributed by atoms with Gasteiger partial charge in [0.15, 0.2) is 0 Å². The van der Waals surface area contributed by atoms with E-state index in [0.29, 0.717) is 11.1 Å². The first-order chi connectivity index (χ1) is 10.9. The van der Waals surface area contributed by atoms with Crippen LogP contribution in [0, 0.1) is 0 Å². The number of hydrogen-bond acceptors (Lipinski definition) is 5. The third-order valence-electron chi connectivity index (χ3n) is 2.92.